The Morgan fingerprint density at radius 1 is 0.963 bits per heavy atom. The molecule has 1 aliphatic rings. The van der Waals surface area contributed by atoms with Crippen molar-refractivity contribution in [3.63, 3.8) is 0 Å². The molecule has 0 unspecified atom stereocenters. The highest BCUT2D eigenvalue weighted by Crippen LogP contribution is 2.20. The van der Waals surface area contributed by atoms with Crippen molar-refractivity contribution in [3.05, 3.63) is 71.4 Å². The Balaban J connectivity index is 1.57. The molecular formula is C23H25NO3. The highest BCUT2D eigenvalue weighted by molar-refractivity contribution is 6.12. The van der Waals surface area contributed by atoms with Crippen LogP contribution in [0.2, 0.25) is 0 Å². The second kappa shape index (κ2) is 9.72. The Morgan fingerprint density at radius 2 is 1.70 bits per heavy atom. The minimum atomic E-state index is -0.429. The monoisotopic (exact) mass is 363 g/mol. The van der Waals surface area contributed by atoms with E-state index >= 15 is 0 Å². The van der Waals surface area contributed by atoms with Gasteiger partial charge in [-0.15, -0.1) is 0 Å². The summed E-state index contributed by atoms with van der Waals surface area (Å²) in [7, 11) is 0. The van der Waals surface area contributed by atoms with Crippen molar-refractivity contribution in [2.45, 2.75) is 39.0 Å². The van der Waals surface area contributed by atoms with Gasteiger partial charge in [0.25, 0.3) is 0 Å². The van der Waals surface area contributed by atoms with Gasteiger partial charge in [-0.2, -0.15) is 0 Å². The summed E-state index contributed by atoms with van der Waals surface area (Å²) in [5.41, 5.74) is 1.98. The van der Waals surface area contributed by atoms with E-state index in [-0.39, 0.29) is 0 Å². The Bertz CT molecular complexity index is 807. The number of unbranched alkanes of at least 4 members (excludes halogenated alkanes) is 4. The number of esters is 1. The van der Waals surface area contributed by atoms with Gasteiger partial charge in [-0.1, -0.05) is 62.9 Å². The van der Waals surface area contributed by atoms with Crippen LogP contribution in [0.25, 0.3) is 6.08 Å². The van der Waals surface area contributed by atoms with Crippen LogP contribution in [0.4, 0.5) is 0 Å². The zero-order valence-electron chi connectivity index (χ0n) is 15.7. The lowest BCUT2D eigenvalue weighted by molar-refractivity contribution is -0.129. The van der Waals surface area contributed by atoms with Crippen molar-refractivity contribution in [2.24, 2.45) is 4.99 Å². The van der Waals surface area contributed by atoms with Crippen LogP contribution in [-0.4, -0.2) is 18.5 Å². The molecule has 2 aromatic carbocycles. The van der Waals surface area contributed by atoms with E-state index in [9.17, 15) is 4.79 Å². The minimum absolute atomic E-state index is 0.304. The van der Waals surface area contributed by atoms with Gasteiger partial charge in [0, 0.05) is 5.56 Å². The fourth-order valence-electron chi connectivity index (χ4n) is 2.83. The highest BCUT2D eigenvalue weighted by atomic mass is 16.6. The van der Waals surface area contributed by atoms with Gasteiger partial charge >= 0.3 is 5.97 Å². The van der Waals surface area contributed by atoms with Gasteiger partial charge in [-0.05, 0) is 42.3 Å². The summed E-state index contributed by atoms with van der Waals surface area (Å²) in [6, 6.07) is 17.1. The molecule has 1 aliphatic heterocycles. The zero-order chi connectivity index (χ0) is 18.9. The van der Waals surface area contributed by atoms with Crippen LogP contribution in [-0.2, 0) is 9.53 Å². The Hall–Kier alpha value is -2.88. The summed E-state index contributed by atoms with van der Waals surface area (Å²) in [5, 5.41) is 0. The lowest BCUT2D eigenvalue weighted by Gasteiger charge is -2.06. The van der Waals surface area contributed by atoms with Crippen LogP contribution in [0.3, 0.4) is 0 Å². The second-order valence-corrected chi connectivity index (χ2v) is 6.53. The number of hydrogen-bond donors (Lipinski definition) is 0. The maximum Gasteiger partial charge on any atom is 0.363 e. The SMILES string of the molecule is CCCCCCCOc1ccc(C=C2N=C(c3ccccc3)OC2=O)cc1. The Labute approximate surface area is 160 Å². The second-order valence-electron chi connectivity index (χ2n) is 6.53. The Morgan fingerprint density at radius 3 is 2.44 bits per heavy atom. The molecular weight excluding hydrogens is 338 g/mol. The van der Waals surface area contributed by atoms with Gasteiger partial charge in [0.05, 0.1) is 6.61 Å². The van der Waals surface area contributed by atoms with Crippen molar-refractivity contribution in [1.82, 2.24) is 0 Å². The molecule has 0 aliphatic carbocycles. The lowest BCUT2D eigenvalue weighted by Crippen LogP contribution is -2.04. The van der Waals surface area contributed by atoms with Gasteiger partial charge in [0.2, 0.25) is 5.90 Å². The van der Waals surface area contributed by atoms with E-state index in [1.54, 1.807) is 6.08 Å². The predicted molar refractivity (Wildman–Crippen MR) is 108 cm³/mol. The van der Waals surface area contributed by atoms with Crippen LogP contribution < -0.4 is 4.74 Å². The van der Waals surface area contributed by atoms with Crippen LogP contribution in [0.5, 0.6) is 5.75 Å². The van der Waals surface area contributed by atoms with Crippen molar-refractivity contribution in [2.75, 3.05) is 6.61 Å². The third kappa shape index (κ3) is 5.55. The van der Waals surface area contributed by atoms with Crippen LogP contribution in [0.1, 0.15) is 50.2 Å². The molecule has 0 aromatic heterocycles. The summed E-state index contributed by atoms with van der Waals surface area (Å²) in [4.78, 5) is 16.4. The number of carbonyl (C=O) groups excluding carboxylic acids is 1. The molecule has 0 N–H and O–H groups in total. The van der Waals surface area contributed by atoms with Gasteiger partial charge in [-0.3, -0.25) is 0 Å². The fraction of sp³-hybridized carbons (Fsp3) is 0.304. The molecule has 0 fully saturated rings. The number of hydrogen-bond acceptors (Lipinski definition) is 4. The average Bonchev–Trinajstić information content (AvgIpc) is 3.07. The minimum Gasteiger partial charge on any atom is -0.494 e. The third-order valence-electron chi connectivity index (χ3n) is 4.34. The standard InChI is InChI=1S/C23H25NO3/c1-2-3-4-5-9-16-26-20-14-12-18(13-15-20)17-21-23(25)27-22(24-21)19-10-7-6-8-11-19/h6-8,10-15,17H,2-5,9,16H2,1H3. The maximum atomic E-state index is 12.0. The number of rotatable bonds is 9. The van der Waals surface area contributed by atoms with Crippen molar-refractivity contribution >= 4 is 17.9 Å². The first-order chi connectivity index (χ1) is 13.3. The van der Waals surface area contributed by atoms with Crippen LogP contribution >= 0.6 is 0 Å². The molecule has 4 nitrogen and oxygen atoms in total. The molecule has 3 rings (SSSR count). The Kier molecular flexibility index (Phi) is 6.80. The summed E-state index contributed by atoms with van der Waals surface area (Å²) in [6.45, 7) is 2.95. The normalized spacial score (nSPS) is 14.9. The summed E-state index contributed by atoms with van der Waals surface area (Å²) in [5.74, 6) is 0.756. The smallest absolute Gasteiger partial charge is 0.363 e. The summed E-state index contributed by atoms with van der Waals surface area (Å²) < 4.78 is 11.0. The quantitative estimate of drug-likeness (QED) is 0.341. The van der Waals surface area contributed by atoms with E-state index in [2.05, 4.69) is 11.9 Å². The van der Waals surface area contributed by atoms with E-state index < -0.39 is 5.97 Å². The number of cyclic esters (lactones) is 1. The van der Waals surface area contributed by atoms with Crippen molar-refractivity contribution in [3.8, 4) is 5.75 Å². The molecule has 0 spiro atoms. The molecule has 0 radical (unpaired) electrons. The molecule has 4 heteroatoms. The number of aliphatic imine (C=N–C) groups is 1. The van der Waals surface area contributed by atoms with Gasteiger partial charge in [0.15, 0.2) is 5.70 Å². The number of carbonyl (C=O) groups is 1. The van der Waals surface area contributed by atoms with Crippen molar-refractivity contribution < 1.29 is 14.3 Å². The zero-order valence-corrected chi connectivity index (χ0v) is 15.7. The van der Waals surface area contributed by atoms with Gasteiger partial charge in [-0.25, -0.2) is 9.79 Å². The molecule has 140 valence electrons. The van der Waals surface area contributed by atoms with Crippen LogP contribution in [0.15, 0.2) is 65.3 Å². The van der Waals surface area contributed by atoms with E-state index in [1.165, 1.54) is 25.7 Å². The summed E-state index contributed by atoms with van der Waals surface area (Å²) >= 11 is 0. The maximum absolute atomic E-state index is 12.0. The van der Waals surface area contributed by atoms with E-state index in [1.807, 2.05) is 54.6 Å². The highest BCUT2D eigenvalue weighted by Gasteiger charge is 2.23. The number of nitrogens with zero attached hydrogens (tertiary/aromatic N) is 1. The molecule has 0 saturated carbocycles. The van der Waals surface area contributed by atoms with Gasteiger partial charge < -0.3 is 9.47 Å². The molecule has 0 atom stereocenters. The van der Waals surface area contributed by atoms with E-state index in [4.69, 9.17) is 9.47 Å². The third-order valence-corrected chi connectivity index (χ3v) is 4.34. The van der Waals surface area contributed by atoms with Gasteiger partial charge in [0.1, 0.15) is 5.75 Å². The molecule has 2 aromatic rings. The average molecular weight is 363 g/mol. The molecule has 0 amide bonds. The first kappa shape index (κ1) is 18.9. The largest absolute Gasteiger partial charge is 0.494 e. The molecule has 0 bridgehead atoms. The van der Waals surface area contributed by atoms with E-state index in [0.717, 1.165) is 29.9 Å². The molecule has 27 heavy (non-hydrogen) atoms. The van der Waals surface area contributed by atoms with Crippen molar-refractivity contribution in [1.29, 1.82) is 0 Å². The first-order valence-corrected chi connectivity index (χ1v) is 9.57. The van der Waals surface area contributed by atoms with E-state index in [0.29, 0.717) is 11.6 Å². The molecule has 1 heterocycles. The topological polar surface area (TPSA) is 47.9 Å². The number of ether oxygens (including phenoxy) is 2. The summed E-state index contributed by atoms with van der Waals surface area (Å²) in [6.07, 6.45) is 7.83. The number of benzene rings is 2. The lowest BCUT2D eigenvalue weighted by atomic mass is 10.1. The van der Waals surface area contributed by atoms with Crippen LogP contribution in [0, 0.1) is 0 Å². The molecule has 0 saturated heterocycles. The predicted octanol–water partition coefficient (Wildman–Crippen LogP) is 5.38. The fourth-order valence-corrected chi connectivity index (χ4v) is 2.83. The first-order valence-electron chi connectivity index (χ1n) is 9.57.